The molecule has 0 unspecified atom stereocenters. The van der Waals surface area contributed by atoms with Crippen LogP contribution in [-0.4, -0.2) is 22.0 Å². The van der Waals surface area contributed by atoms with Crippen molar-refractivity contribution in [2.24, 2.45) is 0 Å². The van der Waals surface area contributed by atoms with Crippen molar-refractivity contribution in [1.29, 1.82) is 0 Å². The summed E-state index contributed by atoms with van der Waals surface area (Å²) in [5.74, 6) is 1.56. The average Bonchev–Trinajstić information content (AvgIpc) is 2.39. The maximum absolute atomic E-state index is 4.60. The lowest BCUT2D eigenvalue weighted by Gasteiger charge is -2.10. The van der Waals surface area contributed by atoms with Crippen LogP contribution < -0.4 is 5.32 Å². The van der Waals surface area contributed by atoms with Crippen LogP contribution in [0.5, 0.6) is 0 Å². The molecule has 4 nitrogen and oxygen atoms in total. The lowest BCUT2D eigenvalue weighted by molar-refractivity contribution is 0.971. The number of hydrogen-bond acceptors (Lipinski definition) is 4. The summed E-state index contributed by atoms with van der Waals surface area (Å²) in [5, 5.41) is 3.12. The molecule has 0 aliphatic carbocycles. The molecular weight excluding hydrogens is 224 g/mol. The Morgan fingerprint density at radius 3 is 2.61 bits per heavy atom. The molecule has 0 amide bonds. The van der Waals surface area contributed by atoms with Crippen LogP contribution in [0.2, 0.25) is 0 Å². The predicted octanol–water partition coefficient (Wildman–Crippen LogP) is 2.76. The van der Waals surface area contributed by atoms with Gasteiger partial charge in [0.2, 0.25) is 0 Å². The summed E-state index contributed by atoms with van der Waals surface area (Å²) >= 11 is 0. The first-order valence-electron chi connectivity index (χ1n) is 6.14. The Morgan fingerprint density at radius 2 is 2.00 bits per heavy atom. The van der Waals surface area contributed by atoms with Gasteiger partial charge in [0.05, 0.1) is 0 Å². The highest BCUT2D eigenvalue weighted by atomic mass is 15.0. The second-order valence-corrected chi connectivity index (χ2v) is 4.29. The monoisotopic (exact) mass is 242 g/mol. The summed E-state index contributed by atoms with van der Waals surface area (Å²) in [6, 6.07) is 3.97. The van der Waals surface area contributed by atoms with E-state index < -0.39 is 0 Å². The van der Waals surface area contributed by atoms with Gasteiger partial charge in [-0.3, -0.25) is 4.98 Å². The lowest BCUT2D eigenvalue weighted by atomic mass is 10.1. The van der Waals surface area contributed by atoms with Gasteiger partial charge in [0.15, 0.2) is 5.82 Å². The molecule has 18 heavy (non-hydrogen) atoms. The largest absolute Gasteiger partial charge is 0.373 e. The van der Waals surface area contributed by atoms with Crippen molar-refractivity contribution in [3.05, 3.63) is 35.2 Å². The van der Waals surface area contributed by atoms with Crippen LogP contribution in [0.1, 0.15) is 23.7 Å². The Labute approximate surface area is 108 Å². The molecule has 2 heterocycles. The molecule has 0 fully saturated rings. The smallest absolute Gasteiger partial charge is 0.180 e. The van der Waals surface area contributed by atoms with E-state index >= 15 is 0 Å². The van der Waals surface area contributed by atoms with Gasteiger partial charge < -0.3 is 5.32 Å². The van der Waals surface area contributed by atoms with E-state index in [-0.39, 0.29) is 0 Å². The fourth-order valence-corrected chi connectivity index (χ4v) is 1.92. The Balaban J connectivity index is 2.58. The zero-order chi connectivity index (χ0) is 13.1. The van der Waals surface area contributed by atoms with Crippen molar-refractivity contribution in [1.82, 2.24) is 15.0 Å². The number of anilines is 1. The number of nitrogens with zero attached hydrogens (tertiary/aromatic N) is 3. The van der Waals surface area contributed by atoms with Gasteiger partial charge in [-0.05, 0) is 38.0 Å². The van der Waals surface area contributed by atoms with Crippen LogP contribution in [0, 0.1) is 13.8 Å². The van der Waals surface area contributed by atoms with Crippen molar-refractivity contribution in [3.63, 3.8) is 0 Å². The molecular formula is C14H18N4. The zero-order valence-corrected chi connectivity index (χ0v) is 11.3. The first-order valence-corrected chi connectivity index (χ1v) is 6.14. The summed E-state index contributed by atoms with van der Waals surface area (Å²) in [4.78, 5) is 13.5. The van der Waals surface area contributed by atoms with E-state index in [1.807, 2.05) is 33.0 Å². The maximum Gasteiger partial charge on any atom is 0.180 e. The lowest BCUT2D eigenvalue weighted by Crippen LogP contribution is -2.05. The summed E-state index contributed by atoms with van der Waals surface area (Å²) in [5.41, 5.74) is 4.15. The molecule has 2 rings (SSSR count). The Bertz CT molecular complexity index is 538. The summed E-state index contributed by atoms with van der Waals surface area (Å²) in [6.07, 6.45) is 2.68. The molecule has 0 aliphatic heterocycles. The number of aromatic nitrogens is 3. The van der Waals surface area contributed by atoms with Crippen LogP contribution >= 0.6 is 0 Å². The van der Waals surface area contributed by atoms with Gasteiger partial charge in [-0.25, -0.2) is 9.97 Å². The molecule has 0 saturated heterocycles. The van der Waals surface area contributed by atoms with Crippen LogP contribution in [0.15, 0.2) is 18.3 Å². The van der Waals surface area contributed by atoms with E-state index in [1.54, 1.807) is 6.20 Å². The number of aryl methyl sites for hydroxylation is 2. The molecule has 2 aromatic rings. The quantitative estimate of drug-likeness (QED) is 0.899. The van der Waals surface area contributed by atoms with Crippen LogP contribution in [0.4, 0.5) is 5.82 Å². The number of pyridine rings is 1. The maximum atomic E-state index is 4.60. The Morgan fingerprint density at radius 1 is 1.22 bits per heavy atom. The predicted molar refractivity (Wildman–Crippen MR) is 73.7 cm³/mol. The minimum Gasteiger partial charge on any atom is -0.373 e. The van der Waals surface area contributed by atoms with Gasteiger partial charge in [0, 0.05) is 24.5 Å². The molecule has 4 heteroatoms. The van der Waals surface area contributed by atoms with E-state index in [1.165, 1.54) is 0 Å². The van der Waals surface area contributed by atoms with Gasteiger partial charge in [0.25, 0.3) is 0 Å². The normalized spacial score (nSPS) is 10.4. The van der Waals surface area contributed by atoms with Crippen LogP contribution in [0.3, 0.4) is 0 Å². The minimum absolute atomic E-state index is 0.686. The average molecular weight is 242 g/mol. The molecule has 0 radical (unpaired) electrons. The molecule has 0 aliphatic rings. The highest BCUT2D eigenvalue weighted by Crippen LogP contribution is 2.21. The van der Waals surface area contributed by atoms with Gasteiger partial charge in [-0.15, -0.1) is 0 Å². The molecule has 1 N–H and O–H groups in total. The van der Waals surface area contributed by atoms with E-state index in [0.717, 1.165) is 34.8 Å². The second-order valence-electron chi connectivity index (χ2n) is 4.29. The second kappa shape index (κ2) is 5.12. The van der Waals surface area contributed by atoms with Gasteiger partial charge in [0.1, 0.15) is 11.5 Å². The third-order valence-corrected chi connectivity index (χ3v) is 2.96. The van der Waals surface area contributed by atoms with E-state index in [2.05, 4.69) is 27.2 Å². The van der Waals surface area contributed by atoms with Crippen LogP contribution in [0.25, 0.3) is 11.5 Å². The minimum atomic E-state index is 0.686. The Kier molecular flexibility index (Phi) is 3.55. The van der Waals surface area contributed by atoms with E-state index in [9.17, 15) is 0 Å². The zero-order valence-electron chi connectivity index (χ0n) is 11.3. The fraction of sp³-hybridized carbons (Fsp3) is 0.357. The highest BCUT2D eigenvalue weighted by molar-refractivity contribution is 5.56. The number of rotatable bonds is 3. The Hall–Kier alpha value is -1.97. The first kappa shape index (κ1) is 12.5. The SMILES string of the molecule is CCc1nc(-c2cc(C)ccn2)nc(NC)c1C. The molecule has 0 saturated carbocycles. The molecule has 0 atom stereocenters. The molecule has 0 spiro atoms. The summed E-state index contributed by atoms with van der Waals surface area (Å²) < 4.78 is 0. The van der Waals surface area contributed by atoms with Crippen molar-refractivity contribution in [2.75, 3.05) is 12.4 Å². The molecule has 2 aromatic heterocycles. The third-order valence-electron chi connectivity index (χ3n) is 2.96. The fourth-order valence-electron chi connectivity index (χ4n) is 1.92. The van der Waals surface area contributed by atoms with E-state index in [4.69, 9.17) is 0 Å². The van der Waals surface area contributed by atoms with Crippen molar-refractivity contribution in [3.8, 4) is 11.5 Å². The first-order chi connectivity index (χ1) is 8.65. The topological polar surface area (TPSA) is 50.7 Å². The summed E-state index contributed by atoms with van der Waals surface area (Å²) in [7, 11) is 1.88. The molecule has 0 bridgehead atoms. The van der Waals surface area contributed by atoms with Crippen molar-refractivity contribution in [2.45, 2.75) is 27.2 Å². The van der Waals surface area contributed by atoms with Crippen LogP contribution in [-0.2, 0) is 6.42 Å². The highest BCUT2D eigenvalue weighted by Gasteiger charge is 2.11. The van der Waals surface area contributed by atoms with Crippen molar-refractivity contribution < 1.29 is 0 Å². The molecule has 0 aromatic carbocycles. The van der Waals surface area contributed by atoms with Gasteiger partial charge in [-0.2, -0.15) is 0 Å². The number of hydrogen-bond donors (Lipinski definition) is 1. The number of nitrogens with one attached hydrogen (secondary N) is 1. The third kappa shape index (κ3) is 2.32. The van der Waals surface area contributed by atoms with E-state index in [0.29, 0.717) is 5.82 Å². The van der Waals surface area contributed by atoms with Crippen molar-refractivity contribution >= 4 is 5.82 Å². The standard InChI is InChI=1S/C14H18N4/c1-5-11-10(3)13(15-4)18-14(17-11)12-8-9(2)6-7-16-12/h6-8H,5H2,1-4H3,(H,15,17,18). The van der Waals surface area contributed by atoms with Gasteiger partial charge in [-0.1, -0.05) is 6.92 Å². The van der Waals surface area contributed by atoms with Gasteiger partial charge >= 0.3 is 0 Å². The molecule has 94 valence electrons. The summed E-state index contributed by atoms with van der Waals surface area (Å²) in [6.45, 7) is 6.18.